The minimum atomic E-state index is -0.127. The van der Waals surface area contributed by atoms with E-state index < -0.39 is 0 Å². The first-order valence-electron chi connectivity index (χ1n) is 7.16. The van der Waals surface area contributed by atoms with Crippen molar-refractivity contribution >= 4 is 29.4 Å². The molecule has 0 saturated heterocycles. The summed E-state index contributed by atoms with van der Waals surface area (Å²) < 4.78 is 5.28. The number of amides is 1. The van der Waals surface area contributed by atoms with Gasteiger partial charge in [0.25, 0.3) is 11.6 Å². The largest absolute Gasteiger partial charge is 0.350 e. The zero-order valence-corrected chi connectivity index (χ0v) is 14.4. The van der Waals surface area contributed by atoms with E-state index in [0.717, 1.165) is 11.4 Å². The van der Waals surface area contributed by atoms with Gasteiger partial charge in [-0.3, -0.25) is 4.79 Å². The van der Waals surface area contributed by atoms with E-state index in [1.807, 2.05) is 34.7 Å². The van der Waals surface area contributed by atoms with Gasteiger partial charge in [0.15, 0.2) is 0 Å². The predicted octanol–water partition coefficient (Wildman–Crippen LogP) is 2.41. The highest BCUT2D eigenvalue weighted by Crippen LogP contribution is 2.27. The highest BCUT2D eigenvalue weighted by atomic mass is 35.5. The lowest BCUT2D eigenvalue weighted by atomic mass is 10.0. The number of aromatic nitrogens is 2. The van der Waals surface area contributed by atoms with Gasteiger partial charge in [0.2, 0.25) is 0 Å². The Morgan fingerprint density at radius 3 is 2.64 bits per heavy atom. The zero-order chi connectivity index (χ0) is 15.6. The average molecular weight is 327 g/mol. The van der Waals surface area contributed by atoms with E-state index in [1.54, 1.807) is 6.07 Å². The Labute approximate surface area is 136 Å². The van der Waals surface area contributed by atoms with Crippen molar-refractivity contribution in [1.29, 1.82) is 0 Å². The van der Waals surface area contributed by atoms with Gasteiger partial charge in [-0.2, -0.15) is 0 Å². The molecule has 2 aromatic rings. The Morgan fingerprint density at radius 1 is 1.36 bits per heavy atom. The first-order chi connectivity index (χ1) is 9.93. The van der Waals surface area contributed by atoms with Gasteiger partial charge in [-0.25, -0.2) is 4.98 Å². The molecule has 0 aliphatic heterocycles. The van der Waals surface area contributed by atoms with E-state index in [4.69, 9.17) is 4.52 Å². The zero-order valence-electron chi connectivity index (χ0n) is 13.6. The number of hydrogen-bond donors (Lipinski definition) is 2. The van der Waals surface area contributed by atoms with E-state index in [9.17, 15) is 4.79 Å². The summed E-state index contributed by atoms with van der Waals surface area (Å²) in [4.78, 5) is 16.8. The lowest BCUT2D eigenvalue weighted by Crippen LogP contribution is -2.37. The maximum absolute atomic E-state index is 12.5. The maximum Gasteiger partial charge on any atom is 0.259 e. The molecule has 2 N–H and O–H groups in total. The van der Waals surface area contributed by atoms with Crippen LogP contribution < -0.4 is 10.6 Å². The van der Waals surface area contributed by atoms with Crippen molar-refractivity contribution in [2.45, 2.75) is 39.7 Å². The van der Waals surface area contributed by atoms with Crippen LogP contribution in [0.2, 0.25) is 0 Å². The monoisotopic (exact) mass is 326 g/mol. The molecule has 0 bridgehead atoms. The second-order valence-corrected chi connectivity index (χ2v) is 5.61. The number of halogens is 1. The summed E-state index contributed by atoms with van der Waals surface area (Å²) in [5.74, 6) is 0.0382. The van der Waals surface area contributed by atoms with Crippen LogP contribution in [0.25, 0.3) is 11.1 Å². The summed E-state index contributed by atoms with van der Waals surface area (Å²) in [6.07, 6.45) is 0. The number of nitrogens with zero attached hydrogens (tertiary/aromatic N) is 2. The van der Waals surface area contributed by atoms with Crippen LogP contribution in [0.5, 0.6) is 0 Å². The number of rotatable bonds is 5. The number of aryl methyl sites for hydroxylation is 1. The highest BCUT2D eigenvalue weighted by Gasteiger charge is 2.21. The summed E-state index contributed by atoms with van der Waals surface area (Å²) in [5, 5.41) is 10.8. The Morgan fingerprint density at radius 2 is 2.05 bits per heavy atom. The third-order valence-corrected chi connectivity index (χ3v) is 3.45. The second-order valence-electron chi connectivity index (χ2n) is 5.61. The smallest absolute Gasteiger partial charge is 0.259 e. The Kier molecular flexibility index (Phi) is 6.32. The van der Waals surface area contributed by atoms with Crippen LogP contribution in [-0.4, -0.2) is 35.7 Å². The van der Waals surface area contributed by atoms with Crippen molar-refractivity contribution in [2.75, 3.05) is 13.6 Å². The van der Waals surface area contributed by atoms with Crippen molar-refractivity contribution in [3.05, 3.63) is 23.0 Å². The molecular weight excluding hydrogens is 304 g/mol. The first-order valence-corrected chi connectivity index (χ1v) is 7.16. The Hall–Kier alpha value is -1.66. The first kappa shape index (κ1) is 18.4. The normalized spacial score (nSPS) is 12.3. The molecule has 0 fully saturated rings. The molecule has 122 valence electrons. The van der Waals surface area contributed by atoms with Crippen molar-refractivity contribution in [3.8, 4) is 0 Å². The molecule has 2 rings (SSSR count). The van der Waals surface area contributed by atoms with Gasteiger partial charge in [0, 0.05) is 18.3 Å². The van der Waals surface area contributed by atoms with E-state index >= 15 is 0 Å². The molecule has 0 saturated carbocycles. The lowest BCUT2D eigenvalue weighted by molar-refractivity contribution is 0.0952. The summed E-state index contributed by atoms with van der Waals surface area (Å²) in [7, 11) is 1.86. The Balaban J connectivity index is 0.00000242. The number of pyridine rings is 1. The fourth-order valence-corrected chi connectivity index (χ4v) is 2.11. The second kappa shape index (κ2) is 7.56. The molecule has 22 heavy (non-hydrogen) atoms. The standard InChI is InChI=1S/C15H22N4O2.ClH/c1-8(2)13-12-11(14(20)17-7-10(4)16-5)6-9(3)18-15(12)21-19-13;/h6,8,10,16H,7H2,1-5H3,(H,17,20);1H. The van der Waals surface area contributed by atoms with E-state index in [1.165, 1.54) is 0 Å². The Bertz CT molecular complexity index is 654. The number of carbonyl (C=O) groups is 1. The van der Waals surface area contributed by atoms with Crippen LogP contribution in [0.3, 0.4) is 0 Å². The fraction of sp³-hybridized carbons (Fsp3) is 0.533. The van der Waals surface area contributed by atoms with E-state index in [-0.39, 0.29) is 30.3 Å². The molecule has 0 aliphatic rings. The van der Waals surface area contributed by atoms with Gasteiger partial charge in [0.05, 0.1) is 16.6 Å². The van der Waals surface area contributed by atoms with Gasteiger partial charge >= 0.3 is 0 Å². The number of nitrogens with one attached hydrogen (secondary N) is 2. The quantitative estimate of drug-likeness (QED) is 0.882. The van der Waals surface area contributed by atoms with Crippen LogP contribution in [0.1, 0.15) is 48.4 Å². The molecule has 1 unspecified atom stereocenters. The third kappa shape index (κ3) is 3.75. The molecule has 0 aromatic carbocycles. The molecular formula is C15H23ClN4O2. The molecule has 7 heteroatoms. The molecule has 2 heterocycles. The number of carbonyl (C=O) groups excluding carboxylic acids is 1. The molecule has 0 aliphatic carbocycles. The maximum atomic E-state index is 12.5. The number of fused-ring (bicyclic) bond motifs is 1. The predicted molar refractivity (Wildman–Crippen MR) is 88.7 cm³/mol. The van der Waals surface area contributed by atoms with Gasteiger partial charge < -0.3 is 15.2 Å². The van der Waals surface area contributed by atoms with Crippen molar-refractivity contribution in [1.82, 2.24) is 20.8 Å². The summed E-state index contributed by atoms with van der Waals surface area (Å²) in [5.41, 5.74) is 2.50. The summed E-state index contributed by atoms with van der Waals surface area (Å²) in [6, 6.07) is 1.99. The van der Waals surface area contributed by atoms with Crippen LogP contribution in [0, 0.1) is 6.92 Å². The van der Waals surface area contributed by atoms with E-state index in [2.05, 4.69) is 20.8 Å². The van der Waals surface area contributed by atoms with Gasteiger partial charge in [-0.15, -0.1) is 12.4 Å². The molecule has 1 amide bonds. The molecule has 0 spiro atoms. The van der Waals surface area contributed by atoms with Crippen LogP contribution in [0.15, 0.2) is 10.6 Å². The third-order valence-electron chi connectivity index (χ3n) is 3.45. The van der Waals surface area contributed by atoms with Gasteiger partial charge in [0.1, 0.15) is 0 Å². The number of hydrogen-bond acceptors (Lipinski definition) is 5. The SMILES string of the molecule is CNC(C)CNC(=O)c1cc(C)nc2onc(C(C)C)c12.Cl. The fourth-order valence-electron chi connectivity index (χ4n) is 2.11. The molecule has 6 nitrogen and oxygen atoms in total. The minimum absolute atomic E-state index is 0. The van der Waals surface area contributed by atoms with Crippen LogP contribution in [0.4, 0.5) is 0 Å². The topological polar surface area (TPSA) is 80.0 Å². The average Bonchev–Trinajstić information content (AvgIpc) is 2.87. The van der Waals surface area contributed by atoms with Crippen LogP contribution >= 0.6 is 12.4 Å². The summed E-state index contributed by atoms with van der Waals surface area (Å²) in [6.45, 7) is 8.43. The van der Waals surface area contributed by atoms with Crippen molar-refractivity contribution in [3.63, 3.8) is 0 Å². The van der Waals surface area contributed by atoms with Crippen molar-refractivity contribution < 1.29 is 9.32 Å². The molecule has 0 radical (unpaired) electrons. The van der Waals surface area contributed by atoms with E-state index in [0.29, 0.717) is 23.2 Å². The van der Waals surface area contributed by atoms with Crippen LogP contribution in [-0.2, 0) is 0 Å². The minimum Gasteiger partial charge on any atom is -0.350 e. The number of likely N-dealkylation sites (N-methyl/N-ethyl adjacent to an activating group) is 1. The van der Waals surface area contributed by atoms with Gasteiger partial charge in [-0.1, -0.05) is 19.0 Å². The van der Waals surface area contributed by atoms with Crippen molar-refractivity contribution in [2.24, 2.45) is 0 Å². The van der Waals surface area contributed by atoms with Gasteiger partial charge in [-0.05, 0) is 32.9 Å². The molecule has 1 atom stereocenters. The lowest BCUT2D eigenvalue weighted by Gasteiger charge is -2.12. The summed E-state index contributed by atoms with van der Waals surface area (Å²) >= 11 is 0. The molecule has 2 aromatic heterocycles. The highest BCUT2D eigenvalue weighted by molar-refractivity contribution is 6.06.